The maximum absolute atomic E-state index is 12.7. The lowest BCUT2D eigenvalue weighted by atomic mass is 10.3. The maximum Gasteiger partial charge on any atom is 0.169 e. The van der Waals surface area contributed by atoms with Gasteiger partial charge in [0.15, 0.2) is 11.9 Å². The van der Waals surface area contributed by atoms with Crippen molar-refractivity contribution in [2.75, 3.05) is 0 Å². The summed E-state index contributed by atoms with van der Waals surface area (Å²) in [7, 11) is 0. The number of hydrogen-bond acceptors (Lipinski definition) is 3. The molecule has 1 aromatic heterocycles. The second-order valence-electron chi connectivity index (χ2n) is 3.47. The standard InChI is InChI=1S/C12H10BrFN2O/c1-8(12-15-6-9(13)7-16-12)17-11-4-2-10(14)3-5-11/h2-8H,1H3/t8-/m0/s1. The first-order valence-electron chi connectivity index (χ1n) is 5.05. The van der Waals surface area contributed by atoms with Crippen molar-refractivity contribution >= 4 is 15.9 Å². The third kappa shape index (κ3) is 3.23. The second-order valence-corrected chi connectivity index (χ2v) is 4.39. The van der Waals surface area contributed by atoms with Crippen LogP contribution in [0, 0.1) is 5.82 Å². The van der Waals surface area contributed by atoms with E-state index in [1.54, 1.807) is 24.5 Å². The van der Waals surface area contributed by atoms with Crippen LogP contribution in [0.15, 0.2) is 41.1 Å². The van der Waals surface area contributed by atoms with Crippen LogP contribution in [0.5, 0.6) is 5.75 Å². The summed E-state index contributed by atoms with van der Waals surface area (Å²) in [6.07, 6.45) is 3.04. The number of nitrogens with zero attached hydrogens (tertiary/aromatic N) is 2. The van der Waals surface area contributed by atoms with Crippen LogP contribution < -0.4 is 4.74 Å². The Morgan fingerprint density at radius 1 is 1.18 bits per heavy atom. The maximum atomic E-state index is 12.7. The Balaban J connectivity index is 2.08. The fourth-order valence-electron chi connectivity index (χ4n) is 1.30. The molecule has 0 amide bonds. The van der Waals surface area contributed by atoms with Crippen molar-refractivity contribution in [2.45, 2.75) is 13.0 Å². The normalized spacial score (nSPS) is 12.2. The Morgan fingerprint density at radius 3 is 2.35 bits per heavy atom. The van der Waals surface area contributed by atoms with E-state index in [0.29, 0.717) is 11.6 Å². The first-order chi connectivity index (χ1) is 8.15. The summed E-state index contributed by atoms with van der Waals surface area (Å²) in [6, 6.07) is 5.85. The number of halogens is 2. The molecule has 1 atom stereocenters. The van der Waals surface area contributed by atoms with E-state index in [4.69, 9.17) is 4.74 Å². The van der Waals surface area contributed by atoms with E-state index in [1.807, 2.05) is 6.92 Å². The highest BCUT2D eigenvalue weighted by molar-refractivity contribution is 9.10. The number of hydrogen-bond donors (Lipinski definition) is 0. The molecule has 0 aliphatic rings. The monoisotopic (exact) mass is 296 g/mol. The van der Waals surface area contributed by atoms with Crippen molar-refractivity contribution in [3.8, 4) is 5.75 Å². The molecule has 88 valence electrons. The molecule has 17 heavy (non-hydrogen) atoms. The largest absolute Gasteiger partial charge is 0.483 e. The summed E-state index contributed by atoms with van der Waals surface area (Å²) in [6.45, 7) is 1.84. The van der Waals surface area contributed by atoms with Crippen molar-refractivity contribution in [1.82, 2.24) is 9.97 Å². The number of aromatic nitrogens is 2. The Hall–Kier alpha value is -1.49. The number of benzene rings is 1. The van der Waals surface area contributed by atoms with Crippen molar-refractivity contribution < 1.29 is 9.13 Å². The average molecular weight is 297 g/mol. The molecule has 2 aromatic rings. The molecule has 0 unspecified atom stereocenters. The predicted molar refractivity (Wildman–Crippen MR) is 65.2 cm³/mol. The zero-order chi connectivity index (χ0) is 12.3. The van der Waals surface area contributed by atoms with E-state index in [1.165, 1.54) is 12.1 Å². The van der Waals surface area contributed by atoms with Gasteiger partial charge in [-0.05, 0) is 47.1 Å². The van der Waals surface area contributed by atoms with Crippen LogP contribution in [0.3, 0.4) is 0 Å². The summed E-state index contributed by atoms with van der Waals surface area (Å²) in [5.41, 5.74) is 0. The summed E-state index contributed by atoms with van der Waals surface area (Å²) >= 11 is 3.26. The van der Waals surface area contributed by atoms with Gasteiger partial charge in [0, 0.05) is 12.4 Å². The van der Waals surface area contributed by atoms with Gasteiger partial charge < -0.3 is 4.74 Å². The molecule has 0 fully saturated rings. The lowest BCUT2D eigenvalue weighted by Gasteiger charge is -2.13. The van der Waals surface area contributed by atoms with Gasteiger partial charge in [-0.25, -0.2) is 14.4 Å². The molecule has 2 rings (SSSR count). The molecule has 0 spiro atoms. The highest BCUT2D eigenvalue weighted by Crippen LogP contribution is 2.19. The molecular weight excluding hydrogens is 287 g/mol. The number of rotatable bonds is 3. The molecule has 1 heterocycles. The minimum atomic E-state index is -0.287. The van der Waals surface area contributed by atoms with Crippen LogP contribution in [0.4, 0.5) is 4.39 Å². The van der Waals surface area contributed by atoms with Crippen molar-refractivity contribution in [3.05, 3.63) is 52.8 Å². The van der Waals surface area contributed by atoms with Gasteiger partial charge in [-0.15, -0.1) is 0 Å². The van der Waals surface area contributed by atoms with Gasteiger partial charge in [-0.1, -0.05) is 0 Å². The summed E-state index contributed by atoms with van der Waals surface area (Å²) < 4.78 is 19.1. The molecule has 0 saturated carbocycles. The Morgan fingerprint density at radius 2 is 1.76 bits per heavy atom. The number of ether oxygens (including phenoxy) is 1. The van der Waals surface area contributed by atoms with Gasteiger partial charge in [-0.2, -0.15) is 0 Å². The predicted octanol–water partition coefficient (Wildman–Crippen LogP) is 3.52. The Labute approximate surface area is 107 Å². The first-order valence-corrected chi connectivity index (χ1v) is 5.84. The Bertz CT molecular complexity index is 487. The molecule has 0 aliphatic heterocycles. The zero-order valence-corrected chi connectivity index (χ0v) is 10.7. The lowest BCUT2D eigenvalue weighted by molar-refractivity contribution is 0.216. The van der Waals surface area contributed by atoms with Gasteiger partial charge in [0.25, 0.3) is 0 Å². The lowest BCUT2D eigenvalue weighted by Crippen LogP contribution is -2.07. The van der Waals surface area contributed by atoms with Crippen LogP contribution in [-0.4, -0.2) is 9.97 Å². The van der Waals surface area contributed by atoms with Crippen molar-refractivity contribution in [3.63, 3.8) is 0 Å². The zero-order valence-electron chi connectivity index (χ0n) is 9.10. The third-order valence-corrected chi connectivity index (χ3v) is 2.54. The molecule has 1 aromatic carbocycles. The molecular formula is C12H10BrFN2O. The SMILES string of the molecule is C[C@H](Oc1ccc(F)cc1)c1ncc(Br)cn1. The van der Waals surface area contributed by atoms with E-state index in [2.05, 4.69) is 25.9 Å². The summed E-state index contributed by atoms with van der Waals surface area (Å²) in [5, 5.41) is 0. The molecule has 3 nitrogen and oxygen atoms in total. The van der Waals surface area contributed by atoms with E-state index in [-0.39, 0.29) is 11.9 Å². The molecule has 0 aliphatic carbocycles. The van der Waals surface area contributed by atoms with Crippen LogP contribution in [0.2, 0.25) is 0 Å². The fraction of sp³-hybridized carbons (Fsp3) is 0.167. The van der Waals surface area contributed by atoms with Gasteiger partial charge >= 0.3 is 0 Å². The smallest absolute Gasteiger partial charge is 0.169 e. The summed E-state index contributed by atoms with van der Waals surface area (Å²) in [4.78, 5) is 8.27. The highest BCUT2D eigenvalue weighted by atomic mass is 79.9. The minimum absolute atomic E-state index is 0.284. The molecule has 0 bridgehead atoms. The summed E-state index contributed by atoms with van der Waals surface area (Å²) in [5.74, 6) is 0.882. The van der Waals surface area contributed by atoms with Gasteiger partial charge in [-0.3, -0.25) is 0 Å². The van der Waals surface area contributed by atoms with Crippen LogP contribution in [-0.2, 0) is 0 Å². The van der Waals surface area contributed by atoms with E-state index in [9.17, 15) is 4.39 Å². The van der Waals surface area contributed by atoms with Crippen LogP contribution in [0.1, 0.15) is 18.9 Å². The van der Waals surface area contributed by atoms with E-state index < -0.39 is 0 Å². The fourth-order valence-corrected chi connectivity index (χ4v) is 1.51. The van der Waals surface area contributed by atoms with Gasteiger partial charge in [0.05, 0.1) is 4.47 Å². The minimum Gasteiger partial charge on any atom is -0.483 e. The molecule has 0 N–H and O–H groups in total. The molecule has 5 heteroatoms. The van der Waals surface area contributed by atoms with Crippen LogP contribution >= 0.6 is 15.9 Å². The van der Waals surface area contributed by atoms with Gasteiger partial charge in [0.1, 0.15) is 11.6 Å². The van der Waals surface area contributed by atoms with Crippen LogP contribution in [0.25, 0.3) is 0 Å². The molecule has 0 radical (unpaired) electrons. The highest BCUT2D eigenvalue weighted by Gasteiger charge is 2.10. The van der Waals surface area contributed by atoms with E-state index in [0.717, 1.165) is 4.47 Å². The molecule has 0 saturated heterocycles. The second kappa shape index (κ2) is 5.23. The quantitative estimate of drug-likeness (QED) is 0.869. The van der Waals surface area contributed by atoms with Gasteiger partial charge in [0.2, 0.25) is 0 Å². The topological polar surface area (TPSA) is 35.0 Å². The van der Waals surface area contributed by atoms with Crippen molar-refractivity contribution in [2.24, 2.45) is 0 Å². The average Bonchev–Trinajstić information content (AvgIpc) is 2.33. The Kier molecular flexibility index (Phi) is 3.68. The van der Waals surface area contributed by atoms with Crippen molar-refractivity contribution in [1.29, 1.82) is 0 Å². The first kappa shape index (κ1) is 12.0. The third-order valence-electron chi connectivity index (χ3n) is 2.13. The van der Waals surface area contributed by atoms with E-state index >= 15 is 0 Å².